The van der Waals surface area contributed by atoms with Gasteiger partial charge in [-0.2, -0.15) is 0 Å². The first-order chi connectivity index (χ1) is 18.9. The average Bonchev–Trinajstić information content (AvgIpc) is 2.94. The molecule has 0 radical (unpaired) electrons. The summed E-state index contributed by atoms with van der Waals surface area (Å²) >= 11 is 0. The summed E-state index contributed by atoms with van der Waals surface area (Å²) in [6, 6.07) is 17.2. The van der Waals surface area contributed by atoms with Gasteiger partial charge < -0.3 is 10.6 Å². The number of piperidine rings is 2. The maximum Gasteiger partial charge on any atom is 0.267 e. The molecule has 206 valence electrons. The lowest BCUT2D eigenvalue weighted by molar-refractivity contribution is -0.129. The standard InChI is InChI=1S/C30H36N4O4S/c1-22-9-3-4-10-24(22)30(36)32-27-13-14-28(26-12-6-5-11-25(26)27)39(37,38)34(23-15-17-31-18-16-23)29(35)21-33-19-7-2-8-20-33/h3-6,9-14,23,31H,2,7-8,15-21H2,1H3,(H,32,36). The number of carbonyl (C=O) groups is 2. The van der Waals surface area contributed by atoms with Crippen LogP contribution in [-0.2, 0) is 14.8 Å². The second-order valence-corrected chi connectivity index (χ2v) is 12.2. The van der Waals surface area contributed by atoms with E-state index >= 15 is 0 Å². The van der Waals surface area contributed by atoms with Crippen molar-refractivity contribution in [2.75, 3.05) is 38.0 Å². The van der Waals surface area contributed by atoms with E-state index in [-0.39, 0.29) is 23.3 Å². The lowest BCUT2D eigenvalue weighted by Crippen LogP contribution is -2.52. The first kappa shape index (κ1) is 27.3. The molecule has 2 fully saturated rings. The lowest BCUT2D eigenvalue weighted by Gasteiger charge is -2.36. The van der Waals surface area contributed by atoms with E-state index in [2.05, 4.69) is 15.5 Å². The van der Waals surface area contributed by atoms with Crippen molar-refractivity contribution in [2.24, 2.45) is 0 Å². The van der Waals surface area contributed by atoms with Crippen LogP contribution in [0.3, 0.4) is 0 Å². The van der Waals surface area contributed by atoms with Gasteiger partial charge in [-0.05, 0) is 82.5 Å². The fraction of sp³-hybridized carbons (Fsp3) is 0.400. The Morgan fingerprint density at radius 2 is 1.59 bits per heavy atom. The van der Waals surface area contributed by atoms with Gasteiger partial charge in [-0.1, -0.05) is 48.9 Å². The van der Waals surface area contributed by atoms with Gasteiger partial charge in [0.05, 0.1) is 17.5 Å². The van der Waals surface area contributed by atoms with Crippen molar-refractivity contribution in [3.63, 3.8) is 0 Å². The third-order valence-corrected chi connectivity index (χ3v) is 9.68. The molecule has 5 rings (SSSR count). The number of amides is 2. The normalized spacial score (nSPS) is 17.2. The van der Waals surface area contributed by atoms with E-state index in [9.17, 15) is 18.0 Å². The van der Waals surface area contributed by atoms with E-state index in [0.29, 0.717) is 48.0 Å². The van der Waals surface area contributed by atoms with Crippen molar-refractivity contribution in [3.8, 4) is 0 Å². The highest BCUT2D eigenvalue weighted by atomic mass is 32.2. The van der Waals surface area contributed by atoms with Crippen LogP contribution in [-0.4, -0.2) is 68.2 Å². The number of anilines is 1. The topological polar surface area (TPSA) is 98.8 Å². The van der Waals surface area contributed by atoms with Crippen molar-refractivity contribution in [3.05, 3.63) is 71.8 Å². The number of likely N-dealkylation sites (tertiary alicyclic amines) is 1. The Hall–Kier alpha value is -3.27. The van der Waals surface area contributed by atoms with Gasteiger partial charge in [0, 0.05) is 22.0 Å². The van der Waals surface area contributed by atoms with Gasteiger partial charge in [0.15, 0.2) is 0 Å². The summed E-state index contributed by atoms with van der Waals surface area (Å²) in [5.74, 6) is -0.633. The highest BCUT2D eigenvalue weighted by Crippen LogP contribution is 2.33. The zero-order valence-corrected chi connectivity index (χ0v) is 23.2. The van der Waals surface area contributed by atoms with Crippen LogP contribution in [0.4, 0.5) is 5.69 Å². The molecule has 0 atom stereocenters. The molecule has 0 unspecified atom stereocenters. The largest absolute Gasteiger partial charge is 0.321 e. The number of hydrogen-bond acceptors (Lipinski definition) is 6. The van der Waals surface area contributed by atoms with E-state index in [1.54, 1.807) is 30.3 Å². The van der Waals surface area contributed by atoms with Crippen LogP contribution < -0.4 is 10.6 Å². The second kappa shape index (κ2) is 11.9. The second-order valence-electron chi connectivity index (χ2n) is 10.4. The first-order valence-corrected chi connectivity index (χ1v) is 15.2. The fourth-order valence-corrected chi connectivity index (χ4v) is 7.52. The Balaban J connectivity index is 1.51. The van der Waals surface area contributed by atoms with Crippen LogP contribution in [0, 0.1) is 6.92 Å². The van der Waals surface area contributed by atoms with E-state index in [4.69, 9.17) is 0 Å². The van der Waals surface area contributed by atoms with Crippen LogP contribution in [0.15, 0.2) is 65.6 Å². The van der Waals surface area contributed by atoms with E-state index < -0.39 is 16.1 Å². The number of nitrogens with one attached hydrogen (secondary N) is 2. The highest BCUT2D eigenvalue weighted by molar-refractivity contribution is 7.90. The van der Waals surface area contributed by atoms with Gasteiger partial charge in [0.1, 0.15) is 0 Å². The molecule has 3 aromatic carbocycles. The molecule has 0 aromatic heterocycles. The molecule has 2 heterocycles. The molecule has 3 aromatic rings. The number of fused-ring (bicyclic) bond motifs is 1. The molecule has 0 bridgehead atoms. The van der Waals surface area contributed by atoms with Crippen molar-refractivity contribution in [1.82, 2.24) is 14.5 Å². The summed E-state index contributed by atoms with van der Waals surface area (Å²) < 4.78 is 29.8. The molecular weight excluding hydrogens is 512 g/mol. The minimum atomic E-state index is -4.16. The number of rotatable bonds is 7. The third-order valence-electron chi connectivity index (χ3n) is 7.75. The molecule has 2 aliphatic heterocycles. The number of hydrogen-bond donors (Lipinski definition) is 2. The molecular formula is C30H36N4O4S. The molecule has 2 amide bonds. The van der Waals surface area contributed by atoms with Gasteiger partial charge >= 0.3 is 0 Å². The van der Waals surface area contributed by atoms with E-state index in [1.807, 2.05) is 31.2 Å². The molecule has 39 heavy (non-hydrogen) atoms. The van der Waals surface area contributed by atoms with Crippen molar-refractivity contribution >= 4 is 38.3 Å². The number of benzene rings is 3. The van der Waals surface area contributed by atoms with Crippen LogP contribution in [0.1, 0.15) is 48.0 Å². The highest BCUT2D eigenvalue weighted by Gasteiger charge is 2.38. The summed E-state index contributed by atoms with van der Waals surface area (Å²) in [6.45, 7) is 4.93. The third kappa shape index (κ3) is 5.85. The molecule has 2 saturated heterocycles. The smallest absolute Gasteiger partial charge is 0.267 e. The van der Waals surface area contributed by atoms with Crippen molar-refractivity contribution in [2.45, 2.75) is 50.0 Å². The maximum absolute atomic E-state index is 14.3. The minimum absolute atomic E-state index is 0.0810. The SMILES string of the molecule is Cc1ccccc1C(=O)Nc1ccc(S(=O)(=O)N(C(=O)CN2CCCCC2)C2CCNCC2)c2ccccc12. The van der Waals surface area contributed by atoms with Gasteiger partial charge in [-0.25, -0.2) is 12.7 Å². The Labute approximate surface area is 230 Å². The molecule has 2 N–H and O–H groups in total. The van der Waals surface area contributed by atoms with Gasteiger partial charge in [0.2, 0.25) is 0 Å². The Morgan fingerprint density at radius 3 is 2.31 bits per heavy atom. The lowest BCUT2D eigenvalue weighted by atomic mass is 10.1. The zero-order valence-electron chi connectivity index (χ0n) is 22.4. The van der Waals surface area contributed by atoms with E-state index in [0.717, 1.165) is 42.2 Å². The summed E-state index contributed by atoms with van der Waals surface area (Å²) in [5, 5.41) is 7.31. The number of aryl methyl sites for hydroxylation is 1. The average molecular weight is 549 g/mol. The molecule has 0 saturated carbocycles. The molecule has 8 nitrogen and oxygen atoms in total. The maximum atomic E-state index is 14.3. The Bertz CT molecular complexity index is 1460. The van der Waals surface area contributed by atoms with Crippen LogP contribution in [0.25, 0.3) is 10.8 Å². The number of nitrogens with zero attached hydrogens (tertiary/aromatic N) is 2. The summed E-state index contributed by atoms with van der Waals surface area (Å²) in [5.41, 5.74) is 1.92. The monoisotopic (exact) mass is 548 g/mol. The number of sulfonamides is 1. The predicted octanol–water partition coefficient (Wildman–Crippen LogP) is 4.16. The quantitative estimate of drug-likeness (QED) is 0.460. The minimum Gasteiger partial charge on any atom is -0.321 e. The van der Waals surface area contributed by atoms with Gasteiger partial charge in [-0.3, -0.25) is 14.5 Å². The van der Waals surface area contributed by atoms with Crippen LogP contribution >= 0.6 is 0 Å². The zero-order chi connectivity index (χ0) is 27.4. The Morgan fingerprint density at radius 1 is 0.923 bits per heavy atom. The number of carbonyl (C=O) groups excluding carboxylic acids is 2. The van der Waals surface area contributed by atoms with Gasteiger partial charge in [0.25, 0.3) is 21.8 Å². The fourth-order valence-electron chi connectivity index (χ4n) is 5.68. The summed E-state index contributed by atoms with van der Waals surface area (Å²) in [6.07, 6.45) is 4.34. The molecule has 0 spiro atoms. The first-order valence-electron chi connectivity index (χ1n) is 13.8. The molecule has 0 aliphatic carbocycles. The van der Waals surface area contributed by atoms with E-state index in [1.165, 1.54) is 6.07 Å². The summed E-state index contributed by atoms with van der Waals surface area (Å²) in [7, 11) is -4.16. The predicted molar refractivity (Wildman–Crippen MR) is 153 cm³/mol. The Kier molecular flexibility index (Phi) is 8.30. The van der Waals surface area contributed by atoms with Gasteiger partial charge in [-0.15, -0.1) is 0 Å². The van der Waals surface area contributed by atoms with Crippen LogP contribution in [0.5, 0.6) is 0 Å². The molecule has 2 aliphatic rings. The summed E-state index contributed by atoms with van der Waals surface area (Å²) in [4.78, 5) is 28.9. The van der Waals surface area contributed by atoms with Crippen molar-refractivity contribution < 1.29 is 18.0 Å². The van der Waals surface area contributed by atoms with Crippen LogP contribution in [0.2, 0.25) is 0 Å². The molecule has 9 heteroatoms. The van der Waals surface area contributed by atoms with Crippen molar-refractivity contribution in [1.29, 1.82) is 0 Å².